The molecule has 7 heteroatoms. The van der Waals surface area contributed by atoms with E-state index < -0.39 is 0 Å². The summed E-state index contributed by atoms with van der Waals surface area (Å²) in [6.45, 7) is 3.74. The molecule has 4 heterocycles. The van der Waals surface area contributed by atoms with Crippen molar-refractivity contribution in [1.29, 1.82) is 0 Å². The Hall–Kier alpha value is -2.41. The first kappa shape index (κ1) is 13.3. The fourth-order valence-corrected chi connectivity index (χ4v) is 3.51. The molecule has 0 aromatic carbocycles. The van der Waals surface area contributed by atoms with Gasteiger partial charge in [0.05, 0.1) is 23.8 Å². The Kier molecular flexibility index (Phi) is 3.27. The van der Waals surface area contributed by atoms with Crippen LogP contribution in [0.5, 0.6) is 0 Å². The van der Waals surface area contributed by atoms with Crippen LogP contribution in [0.4, 0.5) is 0 Å². The molecule has 0 saturated carbocycles. The van der Waals surface area contributed by atoms with Crippen LogP contribution in [0.25, 0.3) is 11.0 Å². The van der Waals surface area contributed by atoms with E-state index in [0.29, 0.717) is 0 Å². The van der Waals surface area contributed by atoms with E-state index in [4.69, 9.17) is 4.98 Å². The zero-order chi connectivity index (χ0) is 14.9. The van der Waals surface area contributed by atoms with E-state index in [1.165, 1.54) is 0 Å². The van der Waals surface area contributed by atoms with Crippen LogP contribution in [0.2, 0.25) is 0 Å². The summed E-state index contributed by atoms with van der Waals surface area (Å²) in [4.78, 5) is 15.6. The van der Waals surface area contributed by atoms with Gasteiger partial charge in [-0.05, 0) is 13.0 Å². The van der Waals surface area contributed by atoms with Crippen molar-refractivity contribution < 1.29 is 0 Å². The fraction of sp³-hybridized carbons (Fsp3) is 0.267. The number of hydrogen-bond acceptors (Lipinski definition) is 6. The van der Waals surface area contributed by atoms with E-state index >= 15 is 0 Å². The van der Waals surface area contributed by atoms with Crippen molar-refractivity contribution in [1.82, 2.24) is 29.7 Å². The van der Waals surface area contributed by atoms with Gasteiger partial charge in [-0.3, -0.25) is 4.98 Å². The third kappa shape index (κ3) is 2.14. The second-order valence-corrected chi connectivity index (χ2v) is 5.99. The third-order valence-electron chi connectivity index (χ3n) is 3.81. The predicted octanol–water partition coefficient (Wildman–Crippen LogP) is 2.48. The van der Waals surface area contributed by atoms with Gasteiger partial charge in [-0.25, -0.2) is 9.97 Å². The van der Waals surface area contributed by atoms with Gasteiger partial charge < -0.3 is 14.8 Å². The van der Waals surface area contributed by atoms with Crippen molar-refractivity contribution in [3.63, 3.8) is 0 Å². The lowest BCUT2D eigenvalue weighted by molar-refractivity contribution is 0.266. The number of rotatable bonds is 4. The van der Waals surface area contributed by atoms with Crippen molar-refractivity contribution in [2.75, 3.05) is 0 Å². The Morgan fingerprint density at radius 2 is 2.32 bits per heavy atom. The number of pyridine rings is 1. The molecule has 1 unspecified atom stereocenters. The predicted molar refractivity (Wildman–Crippen MR) is 85.9 cm³/mol. The monoisotopic (exact) mass is 312 g/mol. The molecule has 3 aromatic heterocycles. The summed E-state index contributed by atoms with van der Waals surface area (Å²) < 4.78 is 2.22. The second kappa shape index (κ2) is 5.42. The molecule has 22 heavy (non-hydrogen) atoms. The van der Waals surface area contributed by atoms with Gasteiger partial charge in [0.15, 0.2) is 6.17 Å². The van der Waals surface area contributed by atoms with Gasteiger partial charge in [-0.15, -0.1) is 11.3 Å². The lowest BCUT2D eigenvalue weighted by Crippen LogP contribution is -2.27. The Balaban J connectivity index is 1.67. The molecule has 1 aliphatic rings. The van der Waals surface area contributed by atoms with Crippen molar-refractivity contribution in [2.45, 2.75) is 26.2 Å². The summed E-state index contributed by atoms with van der Waals surface area (Å²) in [5.41, 5.74) is 2.08. The normalized spacial score (nSPS) is 17.3. The Morgan fingerprint density at radius 3 is 3.14 bits per heavy atom. The molecule has 0 bridgehead atoms. The number of aromatic nitrogens is 4. The number of nitrogens with zero attached hydrogens (tertiary/aromatic N) is 5. The first-order valence-corrected chi connectivity index (χ1v) is 8.11. The molecule has 4 rings (SSSR count). The van der Waals surface area contributed by atoms with E-state index in [0.717, 1.165) is 35.0 Å². The maximum atomic E-state index is 4.77. The number of thiazole rings is 1. The highest BCUT2D eigenvalue weighted by molar-refractivity contribution is 7.09. The van der Waals surface area contributed by atoms with Crippen LogP contribution in [0, 0.1) is 0 Å². The highest BCUT2D eigenvalue weighted by Gasteiger charge is 2.24. The Bertz CT molecular complexity index is 807. The lowest BCUT2D eigenvalue weighted by atomic mass is 10.4. The molecule has 0 spiro atoms. The molecule has 0 radical (unpaired) electrons. The average Bonchev–Trinajstić information content (AvgIpc) is 3.26. The quantitative estimate of drug-likeness (QED) is 0.802. The minimum atomic E-state index is 0.0863. The highest BCUT2D eigenvalue weighted by atomic mass is 32.1. The topological polar surface area (TPSA) is 58.9 Å². The molecule has 0 saturated heterocycles. The SMILES string of the molecule is CCn1c(CN2C=CNC2c2nccs2)nc2ccncc21. The van der Waals surface area contributed by atoms with Crippen LogP contribution >= 0.6 is 11.3 Å². The van der Waals surface area contributed by atoms with Gasteiger partial charge in [0.1, 0.15) is 10.8 Å². The van der Waals surface area contributed by atoms with Gasteiger partial charge in [-0.1, -0.05) is 0 Å². The van der Waals surface area contributed by atoms with Crippen molar-refractivity contribution in [2.24, 2.45) is 0 Å². The molecule has 112 valence electrons. The van der Waals surface area contributed by atoms with Crippen LogP contribution in [0.3, 0.4) is 0 Å². The molecule has 6 nitrogen and oxygen atoms in total. The molecule has 1 aliphatic heterocycles. The van der Waals surface area contributed by atoms with Gasteiger partial charge in [-0.2, -0.15) is 0 Å². The summed E-state index contributed by atoms with van der Waals surface area (Å²) in [7, 11) is 0. The number of imidazole rings is 1. The molecule has 1 atom stereocenters. The molecule has 0 fully saturated rings. The maximum absolute atomic E-state index is 4.77. The highest BCUT2D eigenvalue weighted by Crippen LogP contribution is 2.26. The number of hydrogen-bond donors (Lipinski definition) is 1. The van der Waals surface area contributed by atoms with Crippen molar-refractivity contribution in [3.05, 3.63) is 53.3 Å². The number of nitrogens with one attached hydrogen (secondary N) is 1. The third-order valence-corrected chi connectivity index (χ3v) is 4.63. The van der Waals surface area contributed by atoms with E-state index in [1.54, 1.807) is 17.5 Å². The van der Waals surface area contributed by atoms with Crippen LogP contribution in [0.15, 0.2) is 42.4 Å². The van der Waals surface area contributed by atoms with Gasteiger partial charge in [0, 0.05) is 36.7 Å². The second-order valence-electron chi connectivity index (χ2n) is 5.06. The van der Waals surface area contributed by atoms with Crippen LogP contribution in [0.1, 0.15) is 23.9 Å². The molecule has 0 aliphatic carbocycles. The van der Waals surface area contributed by atoms with Crippen LogP contribution in [-0.4, -0.2) is 24.4 Å². The molecular weight excluding hydrogens is 296 g/mol. The zero-order valence-electron chi connectivity index (χ0n) is 12.2. The minimum absolute atomic E-state index is 0.0863. The fourth-order valence-electron chi connectivity index (χ4n) is 2.79. The smallest absolute Gasteiger partial charge is 0.152 e. The zero-order valence-corrected chi connectivity index (χ0v) is 13.0. The van der Waals surface area contributed by atoms with Crippen LogP contribution < -0.4 is 5.32 Å². The van der Waals surface area contributed by atoms with Gasteiger partial charge in [0.25, 0.3) is 0 Å². The van der Waals surface area contributed by atoms with E-state index in [9.17, 15) is 0 Å². The molecule has 3 aromatic rings. The largest absolute Gasteiger partial charge is 0.364 e. The first-order valence-electron chi connectivity index (χ1n) is 7.24. The molecule has 0 amide bonds. The number of fused-ring (bicyclic) bond motifs is 1. The van der Waals surface area contributed by atoms with E-state index in [-0.39, 0.29) is 6.17 Å². The van der Waals surface area contributed by atoms with Crippen molar-refractivity contribution in [3.8, 4) is 0 Å². The molecular formula is C15H16N6S. The lowest BCUT2D eigenvalue weighted by Gasteiger charge is -2.23. The van der Waals surface area contributed by atoms with E-state index in [1.807, 2.05) is 30.0 Å². The summed E-state index contributed by atoms with van der Waals surface area (Å²) in [5, 5.41) is 6.41. The van der Waals surface area contributed by atoms with Gasteiger partial charge in [0.2, 0.25) is 0 Å². The Labute approximate surface area is 132 Å². The first-order chi connectivity index (χ1) is 10.9. The summed E-state index contributed by atoms with van der Waals surface area (Å²) in [6.07, 6.45) is 9.62. The minimum Gasteiger partial charge on any atom is -0.364 e. The standard InChI is InChI=1S/C15H16N6S/c1-2-21-12-9-16-4-3-11(12)19-13(21)10-20-7-5-17-14(20)15-18-6-8-22-15/h3-9,14,17H,2,10H2,1H3. The maximum Gasteiger partial charge on any atom is 0.152 e. The summed E-state index contributed by atoms with van der Waals surface area (Å²) in [6, 6.07) is 1.96. The van der Waals surface area contributed by atoms with Crippen molar-refractivity contribution >= 4 is 22.4 Å². The average molecular weight is 312 g/mol. The number of aryl methyl sites for hydroxylation is 1. The van der Waals surface area contributed by atoms with Gasteiger partial charge >= 0.3 is 0 Å². The summed E-state index contributed by atoms with van der Waals surface area (Å²) >= 11 is 1.66. The van der Waals surface area contributed by atoms with E-state index in [2.05, 4.69) is 37.9 Å². The Morgan fingerprint density at radius 1 is 1.36 bits per heavy atom. The molecule has 1 N–H and O–H groups in total. The summed E-state index contributed by atoms with van der Waals surface area (Å²) in [5.74, 6) is 1.04. The van der Waals surface area contributed by atoms with Crippen LogP contribution in [-0.2, 0) is 13.1 Å².